The van der Waals surface area contributed by atoms with E-state index in [2.05, 4.69) is 5.32 Å². The van der Waals surface area contributed by atoms with E-state index in [4.69, 9.17) is 4.74 Å². The lowest BCUT2D eigenvalue weighted by Gasteiger charge is -2.31. The molecular weight excluding hydrogens is 547 g/mol. The van der Waals surface area contributed by atoms with Gasteiger partial charge in [-0.15, -0.1) is 0 Å². The van der Waals surface area contributed by atoms with Crippen LogP contribution < -0.4 is 14.4 Å². The summed E-state index contributed by atoms with van der Waals surface area (Å²) in [5.41, 5.74) is -0.368. The number of hydrogen-bond donors (Lipinski definition) is 1. The van der Waals surface area contributed by atoms with E-state index in [0.29, 0.717) is 18.7 Å². The van der Waals surface area contributed by atoms with Gasteiger partial charge in [-0.3, -0.25) is 13.9 Å². The summed E-state index contributed by atoms with van der Waals surface area (Å²) in [4.78, 5) is 28.0. The van der Waals surface area contributed by atoms with Crippen LogP contribution in [-0.4, -0.2) is 57.6 Å². The van der Waals surface area contributed by atoms with E-state index in [9.17, 15) is 31.2 Å². The Kier molecular flexibility index (Phi) is 12.3. The molecule has 2 aromatic rings. The van der Waals surface area contributed by atoms with Crippen molar-refractivity contribution in [3.05, 3.63) is 59.7 Å². The maximum Gasteiger partial charge on any atom is 0.416 e. The van der Waals surface area contributed by atoms with E-state index >= 15 is 0 Å². The van der Waals surface area contributed by atoms with Crippen LogP contribution in [0.15, 0.2) is 48.5 Å². The second-order valence-corrected chi connectivity index (χ2v) is 11.3. The highest BCUT2D eigenvalue weighted by molar-refractivity contribution is 7.92. The molecule has 2 amide bonds. The lowest BCUT2D eigenvalue weighted by Crippen LogP contribution is -2.49. The quantitative estimate of drug-likeness (QED) is 0.298. The first-order chi connectivity index (χ1) is 18.8. The van der Waals surface area contributed by atoms with Gasteiger partial charge in [-0.05, 0) is 55.2 Å². The summed E-state index contributed by atoms with van der Waals surface area (Å²) in [5, 5.41) is 2.87. The standard InChI is InChI=1S/C28H38F3N3O5S/c1-5-7-16-32-27(36)25(6-2)33(20-21-11-8-14-24(18-21)39-3)26(35)15-10-17-34(40(4,37)38)23-13-9-12-22(19-23)28(29,30)31/h8-9,11-14,18-19,25H,5-7,10,15-17,20H2,1-4H3,(H,32,36). The molecule has 0 heterocycles. The number of hydrogen-bond acceptors (Lipinski definition) is 5. The third kappa shape index (κ3) is 9.72. The van der Waals surface area contributed by atoms with E-state index < -0.39 is 27.8 Å². The van der Waals surface area contributed by atoms with Gasteiger partial charge in [0.15, 0.2) is 0 Å². The van der Waals surface area contributed by atoms with Gasteiger partial charge in [-0.1, -0.05) is 38.5 Å². The maximum atomic E-state index is 13.5. The van der Waals surface area contributed by atoms with Crippen molar-refractivity contribution in [1.82, 2.24) is 10.2 Å². The summed E-state index contributed by atoms with van der Waals surface area (Å²) < 4.78 is 70.7. The average Bonchev–Trinajstić information content (AvgIpc) is 2.90. The minimum atomic E-state index is -4.64. The smallest absolute Gasteiger partial charge is 0.416 e. The van der Waals surface area contributed by atoms with Crippen LogP contribution in [0.25, 0.3) is 0 Å². The molecule has 12 heteroatoms. The van der Waals surface area contributed by atoms with Crippen molar-refractivity contribution < 1.29 is 35.9 Å². The first-order valence-electron chi connectivity index (χ1n) is 13.2. The number of methoxy groups -OCH3 is 1. The molecule has 1 N–H and O–H groups in total. The number of ether oxygens (including phenoxy) is 1. The number of sulfonamides is 1. The van der Waals surface area contributed by atoms with Crippen LogP contribution in [0.5, 0.6) is 5.75 Å². The number of carbonyl (C=O) groups excluding carboxylic acids is 2. The summed E-state index contributed by atoms with van der Waals surface area (Å²) in [7, 11) is -2.42. The van der Waals surface area contributed by atoms with Crippen molar-refractivity contribution >= 4 is 27.5 Å². The fourth-order valence-corrected chi connectivity index (χ4v) is 5.19. The maximum absolute atomic E-state index is 13.5. The number of benzene rings is 2. The summed E-state index contributed by atoms with van der Waals surface area (Å²) in [5.74, 6) is -0.0676. The molecule has 2 aromatic carbocycles. The summed E-state index contributed by atoms with van der Waals surface area (Å²) >= 11 is 0. The molecule has 0 aliphatic carbocycles. The highest BCUT2D eigenvalue weighted by Crippen LogP contribution is 2.32. The number of anilines is 1. The van der Waals surface area contributed by atoms with E-state index in [1.807, 2.05) is 13.0 Å². The number of rotatable bonds is 15. The van der Waals surface area contributed by atoms with Gasteiger partial charge in [-0.2, -0.15) is 13.2 Å². The van der Waals surface area contributed by atoms with Crippen LogP contribution >= 0.6 is 0 Å². The van der Waals surface area contributed by atoms with E-state index in [-0.39, 0.29) is 43.4 Å². The van der Waals surface area contributed by atoms with Gasteiger partial charge in [0.25, 0.3) is 0 Å². The van der Waals surface area contributed by atoms with Crippen LogP contribution in [0.1, 0.15) is 57.1 Å². The molecule has 0 bridgehead atoms. The second kappa shape index (κ2) is 14.9. The molecular formula is C28H38F3N3O5S. The number of amides is 2. The lowest BCUT2D eigenvalue weighted by molar-refractivity contribution is -0.141. The predicted molar refractivity (Wildman–Crippen MR) is 148 cm³/mol. The highest BCUT2D eigenvalue weighted by atomic mass is 32.2. The number of unbranched alkanes of at least 4 members (excludes halogenated alkanes) is 1. The number of nitrogens with zero attached hydrogens (tertiary/aromatic N) is 2. The number of nitrogens with one attached hydrogen (secondary N) is 1. The molecule has 2 rings (SSSR count). The second-order valence-electron chi connectivity index (χ2n) is 9.43. The zero-order chi connectivity index (χ0) is 29.9. The Morgan fingerprint density at radius 1 is 1.05 bits per heavy atom. The molecule has 0 saturated carbocycles. The van der Waals surface area contributed by atoms with E-state index in [1.54, 1.807) is 25.1 Å². The normalized spacial score (nSPS) is 12.5. The summed E-state index contributed by atoms with van der Waals surface area (Å²) in [6.45, 7) is 4.20. The van der Waals surface area contributed by atoms with Gasteiger partial charge in [0.2, 0.25) is 21.8 Å². The van der Waals surface area contributed by atoms with Crippen molar-refractivity contribution in [3.8, 4) is 5.75 Å². The van der Waals surface area contributed by atoms with Crippen LogP contribution in [0.2, 0.25) is 0 Å². The van der Waals surface area contributed by atoms with E-state index in [1.165, 1.54) is 18.1 Å². The molecule has 8 nitrogen and oxygen atoms in total. The Labute approximate surface area is 234 Å². The van der Waals surface area contributed by atoms with Crippen molar-refractivity contribution in [3.63, 3.8) is 0 Å². The fourth-order valence-electron chi connectivity index (χ4n) is 4.23. The van der Waals surface area contributed by atoms with Crippen molar-refractivity contribution in [1.29, 1.82) is 0 Å². The molecule has 0 aliphatic rings. The van der Waals surface area contributed by atoms with Crippen LogP contribution in [0.3, 0.4) is 0 Å². The predicted octanol–water partition coefficient (Wildman–Crippen LogP) is 4.98. The van der Waals surface area contributed by atoms with Gasteiger partial charge in [0, 0.05) is 26.1 Å². The molecule has 0 fully saturated rings. The first-order valence-corrected chi connectivity index (χ1v) is 15.0. The van der Waals surface area contributed by atoms with Crippen LogP contribution in [0.4, 0.5) is 18.9 Å². The van der Waals surface area contributed by atoms with Gasteiger partial charge in [0.05, 0.1) is 24.6 Å². The van der Waals surface area contributed by atoms with Gasteiger partial charge in [-0.25, -0.2) is 8.42 Å². The molecule has 222 valence electrons. The van der Waals surface area contributed by atoms with Crippen LogP contribution in [-0.2, 0) is 32.3 Å². The highest BCUT2D eigenvalue weighted by Gasteiger charge is 2.32. The van der Waals surface area contributed by atoms with Crippen molar-refractivity contribution in [2.24, 2.45) is 0 Å². The molecule has 1 atom stereocenters. The number of alkyl halides is 3. The van der Waals surface area contributed by atoms with Crippen LogP contribution in [0, 0.1) is 0 Å². The lowest BCUT2D eigenvalue weighted by atomic mass is 10.1. The monoisotopic (exact) mass is 585 g/mol. The Morgan fingerprint density at radius 3 is 2.35 bits per heavy atom. The third-order valence-corrected chi connectivity index (χ3v) is 7.51. The van der Waals surface area contributed by atoms with Crippen molar-refractivity contribution in [2.45, 2.75) is 64.7 Å². The largest absolute Gasteiger partial charge is 0.497 e. The number of carbonyl (C=O) groups is 2. The third-order valence-electron chi connectivity index (χ3n) is 6.32. The zero-order valence-electron chi connectivity index (χ0n) is 23.3. The molecule has 0 aliphatic heterocycles. The fraction of sp³-hybridized carbons (Fsp3) is 0.500. The Morgan fingerprint density at radius 2 is 1.75 bits per heavy atom. The molecule has 0 radical (unpaired) electrons. The Bertz CT molecular complexity index is 1240. The van der Waals surface area contributed by atoms with Gasteiger partial charge in [0.1, 0.15) is 11.8 Å². The molecule has 0 spiro atoms. The minimum Gasteiger partial charge on any atom is -0.497 e. The Balaban J connectivity index is 2.26. The molecule has 0 saturated heterocycles. The minimum absolute atomic E-state index is 0.0324. The topological polar surface area (TPSA) is 96.0 Å². The van der Waals surface area contributed by atoms with Gasteiger partial charge >= 0.3 is 6.18 Å². The average molecular weight is 586 g/mol. The zero-order valence-corrected chi connectivity index (χ0v) is 24.1. The SMILES string of the molecule is CCCCNC(=O)C(CC)N(Cc1cccc(OC)c1)C(=O)CCCN(c1cccc(C(F)(F)F)c1)S(C)(=O)=O. The first kappa shape index (κ1) is 32.9. The molecule has 40 heavy (non-hydrogen) atoms. The summed E-state index contributed by atoms with van der Waals surface area (Å²) in [6, 6.07) is 10.4. The molecule has 0 aromatic heterocycles. The van der Waals surface area contributed by atoms with E-state index in [0.717, 1.165) is 47.2 Å². The van der Waals surface area contributed by atoms with Gasteiger partial charge < -0.3 is 15.0 Å². The summed E-state index contributed by atoms with van der Waals surface area (Å²) in [6.07, 6.45) is -1.78. The molecule has 1 unspecified atom stereocenters. The number of halogens is 3. The van der Waals surface area contributed by atoms with Crippen molar-refractivity contribution in [2.75, 3.05) is 30.8 Å². The Hall–Kier alpha value is -3.28.